The van der Waals surface area contributed by atoms with E-state index in [0.29, 0.717) is 12.8 Å². The number of rotatable bonds is 4. The number of hydrogen-bond donors (Lipinski definition) is 1. The zero-order chi connectivity index (χ0) is 13.4. The standard InChI is InChI=1S/C15H18O3/c1-3-14(15(17)18-2)13-9-7-12(8-10-13)6-4-5-11-16/h7-10,14,16H,3,5,11H2,1-2H3/t14-/m0/s1. The lowest BCUT2D eigenvalue weighted by Gasteiger charge is -2.12. The third-order valence-electron chi connectivity index (χ3n) is 2.68. The van der Waals surface area contributed by atoms with Gasteiger partial charge < -0.3 is 9.84 Å². The van der Waals surface area contributed by atoms with Crippen LogP contribution in [-0.2, 0) is 9.53 Å². The summed E-state index contributed by atoms with van der Waals surface area (Å²) >= 11 is 0. The summed E-state index contributed by atoms with van der Waals surface area (Å²) in [7, 11) is 1.40. The Labute approximate surface area is 108 Å². The maximum atomic E-state index is 11.6. The summed E-state index contributed by atoms with van der Waals surface area (Å²) in [4.78, 5) is 11.6. The third-order valence-corrected chi connectivity index (χ3v) is 2.68. The Bertz CT molecular complexity index is 437. The highest BCUT2D eigenvalue weighted by atomic mass is 16.5. The predicted octanol–water partition coefficient (Wildman–Crippen LogP) is 2.09. The highest BCUT2D eigenvalue weighted by molar-refractivity contribution is 5.78. The number of carbonyl (C=O) groups is 1. The number of carbonyl (C=O) groups excluding carboxylic acids is 1. The van der Waals surface area contributed by atoms with Gasteiger partial charge in [-0.3, -0.25) is 4.79 Å². The van der Waals surface area contributed by atoms with Crippen LogP contribution in [-0.4, -0.2) is 24.8 Å². The Morgan fingerprint density at radius 3 is 2.56 bits per heavy atom. The van der Waals surface area contributed by atoms with Crippen LogP contribution in [0.5, 0.6) is 0 Å². The molecule has 0 radical (unpaired) electrons. The molecular formula is C15H18O3. The van der Waals surface area contributed by atoms with Gasteiger partial charge in [0, 0.05) is 12.0 Å². The van der Waals surface area contributed by atoms with Crippen LogP contribution in [0.4, 0.5) is 0 Å². The summed E-state index contributed by atoms with van der Waals surface area (Å²) in [5, 5.41) is 8.63. The van der Waals surface area contributed by atoms with Gasteiger partial charge in [0.05, 0.1) is 19.6 Å². The van der Waals surface area contributed by atoms with Crippen molar-refractivity contribution >= 4 is 5.97 Å². The first-order chi connectivity index (χ1) is 8.72. The van der Waals surface area contributed by atoms with E-state index in [-0.39, 0.29) is 18.5 Å². The molecule has 0 unspecified atom stereocenters. The Morgan fingerprint density at radius 2 is 2.06 bits per heavy atom. The molecule has 0 heterocycles. The van der Waals surface area contributed by atoms with Crippen molar-refractivity contribution < 1.29 is 14.6 Å². The fraction of sp³-hybridized carbons (Fsp3) is 0.400. The molecule has 0 saturated carbocycles. The van der Waals surface area contributed by atoms with Crippen LogP contribution in [0.25, 0.3) is 0 Å². The molecule has 18 heavy (non-hydrogen) atoms. The molecule has 0 aliphatic carbocycles. The number of aliphatic hydroxyl groups excluding tert-OH is 1. The lowest BCUT2D eigenvalue weighted by Crippen LogP contribution is -2.13. The van der Waals surface area contributed by atoms with Gasteiger partial charge in [0.25, 0.3) is 0 Å². The minimum atomic E-state index is -0.213. The summed E-state index contributed by atoms with van der Waals surface area (Å²) < 4.78 is 4.77. The van der Waals surface area contributed by atoms with Crippen molar-refractivity contribution in [1.82, 2.24) is 0 Å². The van der Waals surface area contributed by atoms with E-state index in [1.165, 1.54) is 7.11 Å². The molecule has 0 amide bonds. The van der Waals surface area contributed by atoms with Gasteiger partial charge in [-0.1, -0.05) is 30.9 Å². The number of aliphatic hydroxyl groups is 1. The van der Waals surface area contributed by atoms with Crippen molar-refractivity contribution in [2.45, 2.75) is 25.7 Å². The van der Waals surface area contributed by atoms with Gasteiger partial charge in [0.2, 0.25) is 0 Å². The van der Waals surface area contributed by atoms with E-state index < -0.39 is 0 Å². The average molecular weight is 246 g/mol. The second kappa shape index (κ2) is 7.52. The topological polar surface area (TPSA) is 46.5 Å². The lowest BCUT2D eigenvalue weighted by molar-refractivity contribution is -0.142. The van der Waals surface area contributed by atoms with Gasteiger partial charge in [0.15, 0.2) is 0 Å². The van der Waals surface area contributed by atoms with E-state index in [0.717, 1.165) is 11.1 Å². The van der Waals surface area contributed by atoms with Crippen molar-refractivity contribution in [3.63, 3.8) is 0 Å². The van der Waals surface area contributed by atoms with Gasteiger partial charge >= 0.3 is 5.97 Å². The monoisotopic (exact) mass is 246 g/mol. The van der Waals surface area contributed by atoms with Crippen LogP contribution in [0.3, 0.4) is 0 Å². The lowest BCUT2D eigenvalue weighted by atomic mass is 9.96. The van der Waals surface area contributed by atoms with Gasteiger partial charge in [0.1, 0.15) is 0 Å². The second-order valence-electron chi connectivity index (χ2n) is 3.88. The van der Waals surface area contributed by atoms with Crippen LogP contribution in [0, 0.1) is 11.8 Å². The first-order valence-corrected chi connectivity index (χ1v) is 6.00. The molecule has 3 nitrogen and oxygen atoms in total. The maximum absolute atomic E-state index is 11.6. The first kappa shape index (κ1) is 14.3. The highest BCUT2D eigenvalue weighted by Gasteiger charge is 2.18. The largest absolute Gasteiger partial charge is 0.469 e. The van der Waals surface area contributed by atoms with E-state index in [9.17, 15) is 4.79 Å². The second-order valence-corrected chi connectivity index (χ2v) is 3.88. The van der Waals surface area contributed by atoms with Crippen LogP contribution < -0.4 is 0 Å². The van der Waals surface area contributed by atoms with Crippen LogP contribution in [0.1, 0.15) is 36.8 Å². The number of esters is 1. The Morgan fingerprint density at radius 1 is 1.39 bits per heavy atom. The number of benzene rings is 1. The molecule has 0 bridgehead atoms. The normalized spacial score (nSPS) is 11.3. The van der Waals surface area contributed by atoms with Crippen molar-refractivity contribution in [2.24, 2.45) is 0 Å². The summed E-state index contributed by atoms with van der Waals surface area (Å²) in [6.07, 6.45) is 1.18. The maximum Gasteiger partial charge on any atom is 0.313 e. The smallest absolute Gasteiger partial charge is 0.313 e. The fourth-order valence-electron chi connectivity index (χ4n) is 1.70. The highest BCUT2D eigenvalue weighted by Crippen LogP contribution is 2.21. The molecule has 0 saturated heterocycles. The third kappa shape index (κ3) is 3.90. The number of ether oxygens (including phenoxy) is 1. The van der Waals surface area contributed by atoms with Crippen molar-refractivity contribution in [1.29, 1.82) is 0 Å². The van der Waals surface area contributed by atoms with Gasteiger partial charge in [-0.05, 0) is 24.1 Å². The molecule has 3 heteroatoms. The predicted molar refractivity (Wildman–Crippen MR) is 70.1 cm³/mol. The summed E-state index contributed by atoms with van der Waals surface area (Å²) in [5.41, 5.74) is 1.82. The summed E-state index contributed by atoms with van der Waals surface area (Å²) in [6.45, 7) is 2.03. The van der Waals surface area contributed by atoms with E-state index in [1.807, 2.05) is 31.2 Å². The van der Waals surface area contributed by atoms with Crippen molar-refractivity contribution in [3.05, 3.63) is 35.4 Å². The Kier molecular flexibility index (Phi) is 5.96. The Hall–Kier alpha value is -1.79. The molecule has 0 aliphatic rings. The van der Waals surface area contributed by atoms with E-state index in [2.05, 4.69) is 11.8 Å². The van der Waals surface area contributed by atoms with E-state index in [4.69, 9.17) is 9.84 Å². The van der Waals surface area contributed by atoms with Crippen LogP contribution in [0.15, 0.2) is 24.3 Å². The number of hydrogen-bond acceptors (Lipinski definition) is 3. The Balaban J connectivity index is 2.82. The summed E-state index contributed by atoms with van der Waals surface area (Å²) in [5.74, 6) is 5.38. The molecule has 1 aromatic rings. The zero-order valence-corrected chi connectivity index (χ0v) is 10.8. The van der Waals surface area contributed by atoms with Crippen molar-refractivity contribution in [2.75, 3.05) is 13.7 Å². The molecule has 1 aromatic carbocycles. The molecule has 0 aliphatic heterocycles. The van der Waals surface area contributed by atoms with E-state index in [1.54, 1.807) is 0 Å². The minimum Gasteiger partial charge on any atom is -0.469 e. The molecule has 1 rings (SSSR count). The van der Waals surface area contributed by atoms with Crippen LogP contribution >= 0.6 is 0 Å². The molecule has 0 fully saturated rings. The summed E-state index contributed by atoms with van der Waals surface area (Å²) in [6, 6.07) is 7.55. The first-order valence-electron chi connectivity index (χ1n) is 6.00. The molecule has 1 N–H and O–H groups in total. The molecule has 0 spiro atoms. The van der Waals surface area contributed by atoms with E-state index >= 15 is 0 Å². The van der Waals surface area contributed by atoms with Crippen LogP contribution in [0.2, 0.25) is 0 Å². The molecule has 96 valence electrons. The fourth-order valence-corrected chi connectivity index (χ4v) is 1.70. The zero-order valence-electron chi connectivity index (χ0n) is 10.8. The average Bonchev–Trinajstić information content (AvgIpc) is 2.41. The number of methoxy groups -OCH3 is 1. The molecule has 1 atom stereocenters. The molecular weight excluding hydrogens is 228 g/mol. The van der Waals surface area contributed by atoms with Gasteiger partial charge in [-0.2, -0.15) is 0 Å². The molecule has 0 aromatic heterocycles. The SMILES string of the molecule is CC[C@H](C(=O)OC)c1ccc(C#CCCO)cc1. The van der Waals surface area contributed by atoms with Crippen molar-refractivity contribution in [3.8, 4) is 11.8 Å². The van der Waals surface area contributed by atoms with Gasteiger partial charge in [-0.25, -0.2) is 0 Å². The van der Waals surface area contributed by atoms with Gasteiger partial charge in [-0.15, -0.1) is 0 Å². The minimum absolute atomic E-state index is 0.0747. The quantitative estimate of drug-likeness (QED) is 0.653.